The van der Waals surface area contributed by atoms with Crippen molar-refractivity contribution in [1.82, 2.24) is 5.32 Å². The van der Waals surface area contributed by atoms with Crippen molar-refractivity contribution in [3.8, 4) is 17.2 Å². The third kappa shape index (κ3) is 5.77. The summed E-state index contributed by atoms with van der Waals surface area (Å²) in [6.07, 6.45) is 4.43. The van der Waals surface area contributed by atoms with Gasteiger partial charge in [-0.15, -0.1) is 0 Å². The third-order valence-electron chi connectivity index (χ3n) is 4.90. The van der Waals surface area contributed by atoms with Crippen LogP contribution < -0.4 is 19.5 Å². The maximum atomic E-state index is 12.1. The molecule has 1 aliphatic carbocycles. The number of carbonyl (C=O) groups excluding carboxylic acids is 2. The Labute approximate surface area is 160 Å². The van der Waals surface area contributed by atoms with E-state index in [4.69, 9.17) is 18.9 Å². The van der Waals surface area contributed by atoms with E-state index in [1.807, 2.05) is 0 Å². The van der Waals surface area contributed by atoms with Crippen LogP contribution >= 0.6 is 0 Å². The standard InChI is InChI=1S/C20H29NO6/c1-13-7-5-6-8-15(13)21-18(22)12-27-19(23)11-14-9-16(24-2)20(26-4)17(10-14)25-3/h9-10,13,15H,5-8,11-12H2,1-4H3,(H,21,22)/t13-,15+/m1/s1. The number of nitrogens with one attached hydrogen (secondary N) is 1. The molecule has 1 saturated carbocycles. The Hall–Kier alpha value is -2.44. The first-order valence-corrected chi connectivity index (χ1v) is 9.22. The van der Waals surface area contributed by atoms with Crippen LogP contribution in [0.1, 0.15) is 38.2 Å². The summed E-state index contributed by atoms with van der Waals surface area (Å²) in [4.78, 5) is 24.2. The average molecular weight is 379 g/mol. The first-order valence-electron chi connectivity index (χ1n) is 9.22. The van der Waals surface area contributed by atoms with E-state index in [-0.39, 0.29) is 25.0 Å². The molecule has 0 heterocycles. The molecule has 0 bridgehead atoms. The molecule has 1 fully saturated rings. The number of hydrogen-bond acceptors (Lipinski definition) is 6. The molecule has 7 nitrogen and oxygen atoms in total. The molecule has 0 aromatic heterocycles. The summed E-state index contributed by atoms with van der Waals surface area (Å²) < 4.78 is 20.9. The van der Waals surface area contributed by atoms with Gasteiger partial charge in [-0.1, -0.05) is 19.8 Å². The third-order valence-corrected chi connectivity index (χ3v) is 4.90. The quantitative estimate of drug-likeness (QED) is 0.699. The summed E-state index contributed by atoms with van der Waals surface area (Å²) in [5.41, 5.74) is 0.649. The van der Waals surface area contributed by atoms with Gasteiger partial charge in [0, 0.05) is 6.04 Å². The summed E-state index contributed by atoms with van der Waals surface area (Å²) >= 11 is 0. The van der Waals surface area contributed by atoms with Crippen LogP contribution in [0.25, 0.3) is 0 Å². The largest absolute Gasteiger partial charge is 0.493 e. The monoisotopic (exact) mass is 379 g/mol. The maximum Gasteiger partial charge on any atom is 0.310 e. The molecule has 2 rings (SSSR count). The molecule has 0 radical (unpaired) electrons. The molecule has 0 aliphatic heterocycles. The highest BCUT2D eigenvalue weighted by atomic mass is 16.5. The van der Waals surface area contributed by atoms with E-state index in [1.54, 1.807) is 12.1 Å². The predicted molar refractivity (Wildman–Crippen MR) is 100 cm³/mol. The number of esters is 1. The fourth-order valence-corrected chi connectivity index (χ4v) is 3.38. The first kappa shape index (κ1) is 20.9. The second-order valence-corrected chi connectivity index (χ2v) is 6.81. The lowest BCUT2D eigenvalue weighted by molar-refractivity contribution is -0.148. The SMILES string of the molecule is COc1cc(CC(=O)OCC(=O)N[C@H]2CCCC[C@H]2C)cc(OC)c1OC. The van der Waals surface area contributed by atoms with Crippen molar-refractivity contribution in [2.24, 2.45) is 5.92 Å². The second-order valence-electron chi connectivity index (χ2n) is 6.81. The molecule has 1 aromatic carbocycles. The van der Waals surface area contributed by atoms with E-state index < -0.39 is 5.97 Å². The Morgan fingerprint density at radius 2 is 1.67 bits per heavy atom. The number of rotatable bonds is 8. The van der Waals surface area contributed by atoms with Crippen molar-refractivity contribution in [3.05, 3.63) is 17.7 Å². The fourth-order valence-electron chi connectivity index (χ4n) is 3.38. The van der Waals surface area contributed by atoms with Gasteiger partial charge in [0.15, 0.2) is 18.1 Å². The van der Waals surface area contributed by atoms with Crippen LogP contribution in [0.3, 0.4) is 0 Å². The number of methoxy groups -OCH3 is 3. The van der Waals surface area contributed by atoms with E-state index in [0.29, 0.717) is 28.7 Å². The summed E-state index contributed by atoms with van der Waals surface area (Å²) in [6.45, 7) is 1.87. The van der Waals surface area contributed by atoms with Crippen LogP contribution in [0, 0.1) is 5.92 Å². The van der Waals surface area contributed by atoms with E-state index in [0.717, 1.165) is 19.3 Å². The van der Waals surface area contributed by atoms with Gasteiger partial charge in [-0.3, -0.25) is 9.59 Å². The molecule has 7 heteroatoms. The number of ether oxygens (including phenoxy) is 4. The highest BCUT2D eigenvalue weighted by Crippen LogP contribution is 2.38. The molecule has 0 saturated heterocycles. The van der Waals surface area contributed by atoms with E-state index >= 15 is 0 Å². The number of hydrogen-bond donors (Lipinski definition) is 1. The normalized spacial score (nSPS) is 19.1. The van der Waals surface area contributed by atoms with E-state index in [2.05, 4.69) is 12.2 Å². The highest BCUT2D eigenvalue weighted by molar-refractivity contribution is 5.81. The lowest BCUT2D eigenvalue weighted by atomic mass is 9.86. The van der Waals surface area contributed by atoms with Crippen molar-refractivity contribution in [1.29, 1.82) is 0 Å². The Kier molecular flexibility index (Phi) is 7.76. The predicted octanol–water partition coefficient (Wildman–Crippen LogP) is 2.49. The molecule has 0 unspecified atom stereocenters. The minimum atomic E-state index is -0.490. The molecule has 1 aliphatic rings. The molecule has 1 amide bonds. The zero-order chi connectivity index (χ0) is 19.8. The molecule has 27 heavy (non-hydrogen) atoms. The van der Waals surface area contributed by atoms with Crippen LogP contribution in [-0.4, -0.2) is 45.9 Å². The van der Waals surface area contributed by atoms with E-state index in [9.17, 15) is 9.59 Å². The van der Waals surface area contributed by atoms with Crippen LogP contribution in [0.5, 0.6) is 17.2 Å². The molecular weight excluding hydrogens is 350 g/mol. The van der Waals surface area contributed by atoms with Crippen molar-refractivity contribution in [2.75, 3.05) is 27.9 Å². The molecule has 150 valence electrons. The zero-order valence-corrected chi connectivity index (χ0v) is 16.5. The van der Waals surface area contributed by atoms with Gasteiger partial charge >= 0.3 is 5.97 Å². The Bertz CT molecular complexity index is 635. The molecule has 1 aromatic rings. The van der Waals surface area contributed by atoms with Crippen molar-refractivity contribution in [2.45, 2.75) is 45.1 Å². The average Bonchev–Trinajstić information content (AvgIpc) is 2.67. The smallest absolute Gasteiger partial charge is 0.310 e. The lowest BCUT2D eigenvalue weighted by Gasteiger charge is -2.29. The molecular formula is C20H29NO6. The van der Waals surface area contributed by atoms with Crippen LogP contribution in [0.2, 0.25) is 0 Å². The minimum Gasteiger partial charge on any atom is -0.493 e. The Morgan fingerprint density at radius 3 is 2.22 bits per heavy atom. The van der Waals surface area contributed by atoms with Gasteiger partial charge in [0.1, 0.15) is 0 Å². The maximum absolute atomic E-state index is 12.1. The van der Waals surface area contributed by atoms with Gasteiger partial charge in [0.2, 0.25) is 5.75 Å². The van der Waals surface area contributed by atoms with Crippen LogP contribution in [0.15, 0.2) is 12.1 Å². The van der Waals surface area contributed by atoms with Crippen LogP contribution in [0.4, 0.5) is 0 Å². The van der Waals surface area contributed by atoms with Gasteiger partial charge in [-0.25, -0.2) is 0 Å². The first-order chi connectivity index (χ1) is 13.0. The van der Waals surface area contributed by atoms with Crippen molar-refractivity contribution in [3.63, 3.8) is 0 Å². The zero-order valence-electron chi connectivity index (χ0n) is 16.5. The van der Waals surface area contributed by atoms with Gasteiger partial charge in [0.25, 0.3) is 5.91 Å². The summed E-state index contributed by atoms with van der Waals surface area (Å²) in [6, 6.07) is 3.54. The summed E-state index contributed by atoms with van der Waals surface area (Å²) in [5.74, 6) is 1.09. The minimum absolute atomic E-state index is 0.00380. The Morgan fingerprint density at radius 1 is 1.04 bits per heavy atom. The van der Waals surface area contributed by atoms with Crippen LogP contribution in [-0.2, 0) is 20.7 Å². The number of benzene rings is 1. The Balaban J connectivity index is 1.89. The molecule has 0 spiro atoms. The summed E-state index contributed by atoms with van der Waals surface area (Å²) in [5, 5.41) is 2.97. The fraction of sp³-hybridized carbons (Fsp3) is 0.600. The lowest BCUT2D eigenvalue weighted by Crippen LogP contribution is -2.42. The molecule has 1 N–H and O–H groups in total. The van der Waals surface area contributed by atoms with Gasteiger partial charge in [0.05, 0.1) is 27.8 Å². The number of carbonyl (C=O) groups is 2. The van der Waals surface area contributed by atoms with Crippen molar-refractivity contribution >= 4 is 11.9 Å². The van der Waals surface area contributed by atoms with Gasteiger partial charge in [-0.05, 0) is 36.5 Å². The van der Waals surface area contributed by atoms with Gasteiger partial charge in [-0.2, -0.15) is 0 Å². The molecule has 2 atom stereocenters. The summed E-state index contributed by atoms with van der Waals surface area (Å²) in [7, 11) is 4.53. The topological polar surface area (TPSA) is 83.1 Å². The highest BCUT2D eigenvalue weighted by Gasteiger charge is 2.23. The number of amides is 1. The second kappa shape index (κ2) is 10.0. The van der Waals surface area contributed by atoms with E-state index in [1.165, 1.54) is 27.8 Å². The van der Waals surface area contributed by atoms with Gasteiger partial charge < -0.3 is 24.3 Å². The van der Waals surface area contributed by atoms with Crippen molar-refractivity contribution < 1.29 is 28.5 Å².